The molecule has 12 heteroatoms. The Hall–Kier alpha value is -4.71. The zero-order chi connectivity index (χ0) is 30.9. The van der Waals surface area contributed by atoms with Gasteiger partial charge in [0.25, 0.3) is 5.56 Å². The molecule has 43 heavy (non-hydrogen) atoms. The fourth-order valence-corrected chi connectivity index (χ4v) is 4.85. The number of hydrogen-bond acceptors (Lipinski definition) is 9. The Labute approximate surface area is 250 Å². The Kier molecular flexibility index (Phi) is 7.98. The van der Waals surface area contributed by atoms with Crippen LogP contribution in [-0.2, 0) is 16.9 Å². The zero-order valence-electron chi connectivity index (χ0n) is 25.2. The van der Waals surface area contributed by atoms with Crippen LogP contribution < -0.4 is 15.8 Å². The maximum atomic E-state index is 13.3. The van der Waals surface area contributed by atoms with Crippen LogP contribution in [0.15, 0.2) is 66.1 Å². The van der Waals surface area contributed by atoms with Crippen LogP contribution in [0.5, 0.6) is 0 Å². The third kappa shape index (κ3) is 6.54. The molecule has 4 heterocycles. The van der Waals surface area contributed by atoms with Crippen molar-refractivity contribution >= 4 is 34.4 Å². The molecule has 0 unspecified atom stereocenters. The number of piperazine rings is 1. The summed E-state index contributed by atoms with van der Waals surface area (Å²) in [5.41, 5.74) is 0.705. The second-order valence-corrected chi connectivity index (χ2v) is 12.0. The molecule has 0 radical (unpaired) electrons. The summed E-state index contributed by atoms with van der Waals surface area (Å²) in [6.07, 6.45) is 2.85. The summed E-state index contributed by atoms with van der Waals surface area (Å²) >= 11 is 0. The molecule has 1 saturated heterocycles. The standard InChI is InChI=1S/C31H38N8O4/c1-7-15-38-27(40)23-20-32-28(35-26(23)39(38)25-10-8-9-24(34-25)31(5,6)42)33-21-11-13-22(14-12-21)36-16-18-37(19-17-36)29(41)43-30(2,3)4/h7-14,20,42H,1,15-19H2,2-6H3,(H,32,33,35). The molecule has 1 amide bonds. The number of fused-ring (bicyclic) bond motifs is 1. The number of anilines is 3. The number of rotatable bonds is 7. The fourth-order valence-electron chi connectivity index (χ4n) is 4.85. The van der Waals surface area contributed by atoms with E-state index in [1.807, 2.05) is 45.0 Å². The van der Waals surface area contributed by atoms with Crippen molar-refractivity contribution in [2.24, 2.45) is 0 Å². The number of aliphatic hydroxyl groups is 1. The Morgan fingerprint density at radius 1 is 1.05 bits per heavy atom. The first kappa shape index (κ1) is 29.8. The SMILES string of the molecule is C=CCn1c(=O)c2cnc(Nc3ccc(N4CCN(C(=O)OC(C)(C)C)CC4)cc3)nc2n1-c1cccc(C(C)(C)O)n1. The highest BCUT2D eigenvalue weighted by molar-refractivity contribution is 5.77. The lowest BCUT2D eigenvalue weighted by Gasteiger charge is -2.36. The van der Waals surface area contributed by atoms with Crippen LogP contribution >= 0.6 is 0 Å². The number of nitrogens with one attached hydrogen (secondary N) is 1. The number of aromatic nitrogens is 5. The third-order valence-corrected chi connectivity index (χ3v) is 6.98. The second kappa shape index (κ2) is 11.5. The molecule has 0 saturated carbocycles. The molecule has 1 aromatic carbocycles. The van der Waals surface area contributed by atoms with E-state index in [2.05, 4.69) is 31.7 Å². The summed E-state index contributed by atoms with van der Waals surface area (Å²) in [5.74, 6) is 0.753. The molecule has 1 aliphatic rings. The number of carbonyl (C=O) groups is 1. The predicted octanol–water partition coefficient (Wildman–Crippen LogP) is 4.19. The summed E-state index contributed by atoms with van der Waals surface area (Å²) in [6, 6.07) is 13.2. The molecule has 4 aromatic rings. The highest BCUT2D eigenvalue weighted by Crippen LogP contribution is 2.24. The molecular formula is C31H38N8O4. The first-order chi connectivity index (χ1) is 20.3. The average Bonchev–Trinajstić information content (AvgIpc) is 3.23. The number of amides is 1. The molecule has 0 spiro atoms. The van der Waals surface area contributed by atoms with Gasteiger partial charge in [0.05, 0.1) is 12.2 Å². The van der Waals surface area contributed by atoms with Crippen LogP contribution in [0.1, 0.15) is 40.3 Å². The highest BCUT2D eigenvalue weighted by Gasteiger charge is 2.26. The van der Waals surface area contributed by atoms with Crippen LogP contribution in [0, 0.1) is 0 Å². The number of nitrogens with zero attached hydrogens (tertiary/aromatic N) is 7. The number of pyridine rings is 1. The number of hydrogen-bond donors (Lipinski definition) is 2. The van der Waals surface area contributed by atoms with Crippen molar-refractivity contribution in [3.8, 4) is 5.82 Å². The van der Waals surface area contributed by atoms with Gasteiger partial charge >= 0.3 is 6.09 Å². The van der Waals surface area contributed by atoms with E-state index in [-0.39, 0.29) is 18.2 Å². The minimum absolute atomic E-state index is 0.236. The van der Waals surface area contributed by atoms with Crippen LogP contribution in [0.25, 0.3) is 16.9 Å². The lowest BCUT2D eigenvalue weighted by molar-refractivity contribution is 0.0240. The van der Waals surface area contributed by atoms with Crippen LogP contribution in [0.3, 0.4) is 0 Å². The lowest BCUT2D eigenvalue weighted by Crippen LogP contribution is -2.50. The lowest BCUT2D eigenvalue weighted by atomic mass is 10.1. The smallest absolute Gasteiger partial charge is 0.410 e. The van der Waals surface area contributed by atoms with Gasteiger partial charge in [0, 0.05) is 43.8 Å². The summed E-state index contributed by atoms with van der Waals surface area (Å²) in [5, 5.41) is 14.1. The molecule has 1 aliphatic heterocycles. The highest BCUT2D eigenvalue weighted by atomic mass is 16.6. The van der Waals surface area contributed by atoms with Gasteiger partial charge in [-0.3, -0.25) is 4.79 Å². The maximum absolute atomic E-state index is 13.3. The van der Waals surface area contributed by atoms with Gasteiger partial charge in [-0.25, -0.2) is 24.1 Å². The van der Waals surface area contributed by atoms with E-state index in [1.54, 1.807) is 47.7 Å². The summed E-state index contributed by atoms with van der Waals surface area (Å²) in [7, 11) is 0. The number of carbonyl (C=O) groups excluding carboxylic acids is 1. The number of benzene rings is 1. The quantitative estimate of drug-likeness (QED) is 0.306. The minimum Gasteiger partial charge on any atom is -0.444 e. The van der Waals surface area contributed by atoms with E-state index in [0.29, 0.717) is 54.7 Å². The number of ether oxygens (including phenoxy) is 1. The molecule has 12 nitrogen and oxygen atoms in total. The first-order valence-electron chi connectivity index (χ1n) is 14.2. The maximum Gasteiger partial charge on any atom is 0.410 e. The second-order valence-electron chi connectivity index (χ2n) is 12.0. The molecular weight excluding hydrogens is 548 g/mol. The Bertz CT molecular complexity index is 1690. The van der Waals surface area contributed by atoms with Gasteiger partial charge in [0.1, 0.15) is 16.6 Å². The van der Waals surface area contributed by atoms with Gasteiger partial charge in [-0.05, 0) is 71.0 Å². The molecule has 0 bridgehead atoms. The number of allylic oxidation sites excluding steroid dienone is 1. The van der Waals surface area contributed by atoms with Crippen molar-refractivity contribution in [3.05, 3.63) is 77.4 Å². The Morgan fingerprint density at radius 2 is 1.74 bits per heavy atom. The van der Waals surface area contributed by atoms with Crippen molar-refractivity contribution in [1.29, 1.82) is 0 Å². The van der Waals surface area contributed by atoms with Gasteiger partial charge < -0.3 is 25.0 Å². The van der Waals surface area contributed by atoms with Crippen LogP contribution in [0.2, 0.25) is 0 Å². The van der Waals surface area contributed by atoms with Gasteiger partial charge in [-0.2, -0.15) is 4.98 Å². The van der Waals surface area contributed by atoms with E-state index in [9.17, 15) is 14.7 Å². The van der Waals surface area contributed by atoms with E-state index < -0.39 is 11.2 Å². The summed E-state index contributed by atoms with van der Waals surface area (Å²) in [4.78, 5) is 43.3. The molecule has 5 rings (SSSR count). The first-order valence-corrected chi connectivity index (χ1v) is 14.2. The van der Waals surface area contributed by atoms with E-state index in [1.165, 1.54) is 10.9 Å². The zero-order valence-corrected chi connectivity index (χ0v) is 25.2. The molecule has 1 fully saturated rings. The fraction of sp³-hybridized carbons (Fsp3) is 0.387. The van der Waals surface area contributed by atoms with Crippen molar-refractivity contribution < 1.29 is 14.6 Å². The summed E-state index contributed by atoms with van der Waals surface area (Å²) < 4.78 is 8.62. The largest absolute Gasteiger partial charge is 0.444 e. The van der Waals surface area contributed by atoms with E-state index >= 15 is 0 Å². The van der Waals surface area contributed by atoms with Crippen LogP contribution in [-0.4, -0.2) is 72.2 Å². The molecule has 3 aromatic heterocycles. The molecule has 0 aliphatic carbocycles. The topological polar surface area (TPSA) is 131 Å². The Balaban J connectivity index is 1.36. The summed E-state index contributed by atoms with van der Waals surface area (Å²) in [6.45, 7) is 15.5. The third-order valence-electron chi connectivity index (χ3n) is 6.98. The van der Waals surface area contributed by atoms with Crippen molar-refractivity contribution in [1.82, 2.24) is 29.2 Å². The van der Waals surface area contributed by atoms with Crippen molar-refractivity contribution in [2.75, 3.05) is 36.4 Å². The monoisotopic (exact) mass is 586 g/mol. The minimum atomic E-state index is -1.16. The van der Waals surface area contributed by atoms with Gasteiger partial charge in [0.15, 0.2) is 11.5 Å². The predicted molar refractivity (Wildman–Crippen MR) is 166 cm³/mol. The van der Waals surface area contributed by atoms with E-state index in [0.717, 1.165) is 11.4 Å². The normalized spacial score (nSPS) is 14.2. The van der Waals surface area contributed by atoms with E-state index in [4.69, 9.17) is 4.74 Å². The van der Waals surface area contributed by atoms with Crippen LogP contribution in [0.4, 0.5) is 22.1 Å². The molecule has 226 valence electrons. The van der Waals surface area contributed by atoms with Gasteiger partial charge in [-0.15, -0.1) is 6.58 Å². The van der Waals surface area contributed by atoms with Crippen molar-refractivity contribution in [3.63, 3.8) is 0 Å². The van der Waals surface area contributed by atoms with Crippen molar-refractivity contribution in [2.45, 2.75) is 52.4 Å². The molecule has 2 N–H and O–H groups in total. The van der Waals surface area contributed by atoms with Gasteiger partial charge in [-0.1, -0.05) is 12.1 Å². The van der Waals surface area contributed by atoms with Gasteiger partial charge in [0.2, 0.25) is 5.95 Å². The molecule has 0 atom stereocenters. The Morgan fingerprint density at radius 3 is 2.37 bits per heavy atom. The average molecular weight is 587 g/mol.